The molecule has 2 aliphatic rings. The van der Waals surface area contributed by atoms with E-state index < -0.39 is 9.73 Å². The highest BCUT2D eigenvalue weighted by Crippen LogP contribution is 2.53. The molecular formula is C32H45N7O2S. The van der Waals surface area contributed by atoms with Gasteiger partial charge in [-0.3, -0.25) is 0 Å². The van der Waals surface area contributed by atoms with E-state index in [0.717, 1.165) is 48.7 Å². The molecule has 1 fully saturated rings. The summed E-state index contributed by atoms with van der Waals surface area (Å²) < 4.78 is 23.2. The largest absolute Gasteiger partial charge is 0.374 e. The van der Waals surface area contributed by atoms with Gasteiger partial charge >= 0.3 is 0 Å². The summed E-state index contributed by atoms with van der Waals surface area (Å²) in [7, 11) is -2.36. The van der Waals surface area contributed by atoms with Crippen LogP contribution in [0.15, 0.2) is 47.0 Å². The maximum Gasteiger partial charge on any atom is 0.229 e. The van der Waals surface area contributed by atoms with E-state index in [4.69, 9.17) is 19.7 Å². The van der Waals surface area contributed by atoms with Crippen molar-refractivity contribution in [3.8, 4) is 0 Å². The molecule has 226 valence electrons. The maximum atomic E-state index is 12.4. The van der Waals surface area contributed by atoms with Crippen LogP contribution in [0.4, 0.5) is 29.1 Å². The monoisotopic (exact) mass is 591 g/mol. The third-order valence-corrected chi connectivity index (χ3v) is 8.96. The highest BCUT2D eigenvalue weighted by molar-refractivity contribution is 7.92. The molecule has 2 aromatic heterocycles. The normalized spacial score (nSPS) is 21.9. The second-order valence-electron chi connectivity index (χ2n) is 12.7. The first kappa shape index (κ1) is 30.4. The lowest BCUT2D eigenvalue weighted by Gasteiger charge is -2.46. The number of hydrogen-bond acceptors (Lipinski definition) is 9. The smallest absolute Gasteiger partial charge is 0.229 e. The number of anilines is 4. The number of fused-ring (bicyclic) bond motifs is 3. The van der Waals surface area contributed by atoms with Crippen molar-refractivity contribution in [1.29, 1.82) is 0 Å². The lowest BCUT2D eigenvalue weighted by Crippen LogP contribution is -2.54. The molecule has 10 heteroatoms. The highest BCUT2D eigenvalue weighted by Gasteiger charge is 2.55. The molecular weight excluding hydrogens is 546 g/mol. The van der Waals surface area contributed by atoms with Gasteiger partial charge in [0.15, 0.2) is 5.82 Å². The minimum Gasteiger partial charge on any atom is -0.374 e. The Balaban J connectivity index is 1.53. The zero-order chi connectivity index (χ0) is 30.3. The van der Waals surface area contributed by atoms with Gasteiger partial charge in [0.2, 0.25) is 5.95 Å². The molecule has 4 heterocycles. The van der Waals surface area contributed by atoms with Crippen LogP contribution in [0.5, 0.6) is 0 Å². The summed E-state index contributed by atoms with van der Waals surface area (Å²) in [6.45, 7) is 14.6. The highest BCUT2D eigenvalue weighted by atomic mass is 32.2. The molecule has 0 amide bonds. The Hall–Kier alpha value is -3.08. The van der Waals surface area contributed by atoms with E-state index in [2.05, 4.69) is 79.6 Å². The molecule has 2 aliphatic heterocycles. The Bertz CT molecular complexity index is 1570. The lowest BCUT2D eigenvalue weighted by molar-refractivity contribution is -0.0893. The van der Waals surface area contributed by atoms with Crippen LogP contribution in [0.2, 0.25) is 0 Å². The van der Waals surface area contributed by atoms with Gasteiger partial charge < -0.3 is 20.3 Å². The van der Waals surface area contributed by atoms with Crippen molar-refractivity contribution in [3.05, 3.63) is 59.3 Å². The van der Waals surface area contributed by atoms with Gasteiger partial charge in [-0.25, -0.2) is 14.2 Å². The van der Waals surface area contributed by atoms with Crippen LogP contribution < -0.4 is 15.5 Å². The summed E-state index contributed by atoms with van der Waals surface area (Å²) in [5, 5.41) is 7.10. The van der Waals surface area contributed by atoms with Gasteiger partial charge in [-0.2, -0.15) is 9.35 Å². The van der Waals surface area contributed by atoms with Gasteiger partial charge in [0.1, 0.15) is 11.6 Å². The van der Waals surface area contributed by atoms with Crippen molar-refractivity contribution in [2.24, 2.45) is 4.36 Å². The van der Waals surface area contributed by atoms with Crippen molar-refractivity contribution in [2.45, 2.75) is 83.9 Å². The van der Waals surface area contributed by atoms with Gasteiger partial charge in [-0.15, -0.1) is 0 Å². The first-order valence-corrected chi connectivity index (χ1v) is 17.2. The summed E-state index contributed by atoms with van der Waals surface area (Å²) >= 11 is 0. The van der Waals surface area contributed by atoms with Crippen molar-refractivity contribution < 1.29 is 8.95 Å². The van der Waals surface area contributed by atoms with Gasteiger partial charge in [0.05, 0.1) is 18.2 Å². The molecule has 5 rings (SSSR count). The number of benzene rings is 1. The van der Waals surface area contributed by atoms with Crippen molar-refractivity contribution >= 4 is 38.8 Å². The minimum absolute atomic E-state index is 0.0549. The topological polar surface area (TPSA) is 105 Å². The molecule has 0 spiro atoms. The SMILES string of the molecule is CCCN[C@H](CC)c1ccc(Nc2ncc3c(n2)N(c2cccc(N=S(C)(C)=O)n2)[C@@H]2CC(C)(C)OC[C@]32C)cc1C. The molecule has 0 radical (unpaired) electrons. The van der Waals surface area contributed by atoms with Crippen LogP contribution in [0.25, 0.3) is 0 Å². The van der Waals surface area contributed by atoms with E-state index in [1.807, 2.05) is 18.3 Å². The van der Waals surface area contributed by atoms with E-state index in [-0.39, 0.29) is 17.1 Å². The quantitative estimate of drug-likeness (QED) is 0.283. The summed E-state index contributed by atoms with van der Waals surface area (Å²) in [5.41, 5.74) is 3.90. The average Bonchev–Trinajstić information content (AvgIpc) is 3.16. The van der Waals surface area contributed by atoms with Crippen molar-refractivity contribution in [1.82, 2.24) is 20.3 Å². The van der Waals surface area contributed by atoms with Crippen LogP contribution in [0, 0.1) is 6.92 Å². The van der Waals surface area contributed by atoms with Crippen LogP contribution in [0.1, 0.15) is 76.6 Å². The minimum atomic E-state index is -2.36. The number of nitrogens with zero attached hydrogens (tertiary/aromatic N) is 5. The van der Waals surface area contributed by atoms with Crippen LogP contribution in [0.3, 0.4) is 0 Å². The zero-order valence-corrected chi connectivity index (χ0v) is 27.0. The molecule has 9 nitrogen and oxygen atoms in total. The average molecular weight is 592 g/mol. The predicted octanol–water partition coefficient (Wildman–Crippen LogP) is 6.71. The number of nitrogens with one attached hydrogen (secondary N) is 2. The molecule has 0 aliphatic carbocycles. The standard InChI is InChI=1S/C32H45N7O2S/c1-9-16-33-25(10-2)23-15-14-22(17-21(23)3)35-30-34-19-24-29(37-30)39(26-18-31(4,5)41-20-32(24,26)6)28-13-11-12-27(36-28)38-42(7,8)40/h11-15,17,19,25-26,33H,9-10,16,18,20H2,1-8H3,(H,34,35,37)/t25-,26-,32-/m1/s1. The Kier molecular flexibility index (Phi) is 8.35. The van der Waals surface area contributed by atoms with Gasteiger partial charge in [0, 0.05) is 51.1 Å². The third-order valence-electron chi connectivity index (χ3n) is 8.34. The maximum absolute atomic E-state index is 12.4. The second-order valence-corrected chi connectivity index (χ2v) is 15.3. The number of pyridine rings is 1. The third kappa shape index (κ3) is 6.16. The molecule has 0 saturated carbocycles. The van der Waals surface area contributed by atoms with E-state index in [0.29, 0.717) is 24.4 Å². The fraction of sp³-hybridized carbons (Fsp3) is 0.531. The molecule has 2 N–H and O–H groups in total. The van der Waals surface area contributed by atoms with E-state index in [9.17, 15) is 4.21 Å². The Morgan fingerprint density at radius 3 is 2.64 bits per heavy atom. The fourth-order valence-electron chi connectivity index (χ4n) is 6.15. The first-order chi connectivity index (χ1) is 19.8. The molecule has 42 heavy (non-hydrogen) atoms. The lowest BCUT2D eigenvalue weighted by atomic mass is 9.73. The Morgan fingerprint density at radius 2 is 1.95 bits per heavy atom. The van der Waals surface area contributed by atoms with Crippen molar-refractivity contribution in [3.63, 3.8) is 0 Å². The van der Waals surface area contributed by atoms with E-state index in [1.165, 1.54) is 11.1 Å². The number of aromatic nitrogens is 3. The summed E-state index contributed by atoms with van der Waals surface area (Å²) in [4.78, 5) is 16.9. The zero-order valence-electron chi connectivity index (χ0n) is 26.2. The molecule has 1 aromatic carbocycles. The Labute approximate surface area is 251 Å². The number of ether oxygens (including phenoxy) is 1. The Morgan fingerprint density at radius 1 is 1.17 bits per heavy atom. The first-order valence-electron chi connectivity index (χ1n) is 14.9. The number of rotatable bonds is 9. The molecule has 0 bridgehead atoms. The molecule has 0 unspecified atom stereocenters. The van der Waals surface area contributed by atoms with Crippen molar-refractivity contribution in [2.75, 3.05) is 35.9 Å². The van der Waals surface area contributed by atoms with E-state index in [1.54, 1.807) is 18.6 Å². The van der Waals surface area contributed by atoms with Crippen LogP contribution in [-0.2, 0) is 19.9 Å². The fourth-order valence-corrected chi connectivity index (χ4v) is 6.70. The van der Waals surface area contributed by atoms with Crippen LogP contribution in [-0.4, -0.2) is 56.5 Å². The van der Waals surface area contributed by atoms with Crippen LogP contribution >= 0.6 is 0 Å². The number of hydrogen-bond donors (Lipinski definition) is 2. The second kappa shape index (κ2) is 11.5. The van der Waals surface area contributed by atoms with Gasteiger partial charge in [-0.1, -0.05) is 32.9 Å². The van der Waals surface area contributed by atoms with E-state index >= 15 is 0 Å². The molecule has 1 saturated heterocycles. The summed E-state index contributed by atoms with van der Waals surface area (Å²) in [5.74, 6) is 2.51. The predicted molar refractivity (Wildman–Crippen MR) is 172 cm³/mol. The summed E-state index contributed by atoms with van der Waals surface area (Å²) in [6, 6.07) is 12.5. The molecule has 3 atom stereocenters. The van der Waals surface area contributed by atoms with Gasteiger partial charge in [0.25, 0.3) is 0 Å². The number of aryl methyl sites for hydroxylation is 1. The van der Waals surface area contributed by atoms with Gasteiger partial charge in [-0.05, 0) is 82.0 Å². The molecule has 3 aromatic rings. The summed E-state index contributed by atoms with van der Waals surface area (Å²) in [6.07, 6.45) is 8.10.